The van der Waals surface area contributed by atoms with Gasteiger partial charge in [-0.05, 0) is 41.3 Å². The molecule has 0 radical (unpaired) electrons. The number of ether oxygens (including phenoxy) is 1. The van der Waals surface area contributed by atoms with Crippen LogP contribution in [0, 0.1) is 11.3 Å². The standard InChI is InChI=1S/C16H20N2O/c1-16(2)9-12(16)10-18-15-14-8-13(19-3)5-4-11(14)6-7-17-15/h4-8,12H,9-10H2,1-3H3,(H,17,18). The first-order valence-electron chi connectivity index (χ1n) is 6.77. The highest BCUT2D eigenvalue weighted by atomic mass is 16.5. The third-order valence-corrected chi connectivity index (χ3v) is 4.21. The SMILES string of the molecule is COc1ccc2ccnc(NCC3CC3(C)C)c2c1. The van der Waals surface area contributed by atoms with Crippen LogP contribution in [0.15, 0.2) is 30.5 Å². The number of methoxy groups -OCH3 is 1. The van der Waals surface area contributed by atoms with E-state index < -0.39 is 0 Å². The molecule has 3 heteroatoms. The maximum atomic E-state index is 5.29. The van der Waals surface area contributed by atoms with Crippen LogP contribution in [0.4, 0.5) is 5.82 Å². The normalized spacial score (nSPS) is 20.3. The molecule has 100 valence electrons. The van der Waals surface area contributed by atoms with Gasteiger partial charge >= 0.3 is 0 Å². The number of benzene rings is 1. The molecule has 3 rings (SSSR count). The third kappa shape index (κ3) is 2.37. The first-order valence-corrected chi connectivity index (χ1v) is 6.77. The molecule has 0 bridgehead atoms. The fourth-order valence-electron chi connectivity index (χ4n) is 2.56. The zero-order valence-electron chi connectivity index (χ0n) is 11.7. The molecule has 1 atom stereocenters. The summed E-state index contributed by atoms with van der Waals surface area (Å²) in [5.41, 5.74) is 0.495. The summed E-state index contributed by atoms with van der Waals surface area (Å²) in [6.07, 6.45) is 3.16. The minimum Gasteiger partial charge on any atom is -0.497 e. The Labute approximate surface area is 114 Å². The van der Waals surface area contributed by atoms with Crippen LogP contribution in [0.25, 0.3) is 10.8 Å². The van der Waals surface area contributed by atoms with Gasteiger partial charge in [0.15, 0.2) is 0 Å². The number of nitrogens with zero attached hydrogens (tertiary/aromatic N) is 1. The van der Waals surface area contributed by atoms with Gasteiger partial charge in [0, 0.05) is 18.1 Å². The Morgan fingerprint density at radius 3 is 2.84 bits per heavy atom. The molecule has 1 aliphatic carbocycles. The summed E-state index contributed by atoms with van der Waals surface area (Å²) < 4.78 is 5.29. The number of nitrogens with one attached hydrogen (secondary N) is 1. The lowest BCUT2D eigenvalue weighted by Gasteiger charge is -2.10. The average Bonchev–Trinajstić information content (AvgIpc) is 3.03. The number of rotatable bonds is 4. The van der Waals surface area contributed by atoms with Crippen molar-refractivity contribution in [3.63, 3.8) is 0 Å². The van der Waals surface area contributed by atoms with Crippen LogP contribution in [0.3, 0.4) is 0 Å². The van der Waals surface area contributed by atoms with Crippen LogP contribution in [0.1, 0.15) is 20.3 Å². The van der Waals surface area contributed by atoms with Gasteiger partial charge in [-0.15, -0.1) is 0 Å². The zero-order chi connectivity index (χ0) is 13.5. The number of pyridine rings is 1. The summed E-state index contributed by atoms with van der Waals surface area (Å²) >= 11 is 0. The van der Waals surface area contributed by atoms with E-state index in [1.807, 2.05) is 24.4 Å². The summed E-state index contributed by atoms with van der Waals surface area (Å²) in [6, 6.07) is 8.13. The van der Waals surface area contributed by atoms with Gasteiger partial charge in [-0.3, -0.25) is 0 Å². The molecular weight excluding hydrogens is 236 g/mol. The van der Waals surface area contributed by atoms with Crippen molar-refractivity contribution in [1.29, 1.82) is 0 Å². The highest BCUT2D eigenvalue weighted by Crippen LogP contribution is 2.51. The number of anilines is 1. The van der Waals surface area contributed by atoms with Gasteiger partial charge < -0.3 is 10.1 Å². The van der Waals surface area contributed by atoms with E-state index in [0.717, 1.165) is 29.4 Å². The van der Waals surface area contributed by atoms with Crippen LogP contribution >= 0.6 is 0 Å². The van der Waals surface area contributed by atoms with Gasteiger partial charge in [-0.1, -0.05) is 19.9 Å². The summed E-state index contributed by atoms with van der Waals surface area (Å²) in [6.45, 7) is 5.63. The molecule has 1 N–H and O–H groups in total. The summed E-state index contributed by atoms with van der Waals surface area (Å²) in [5, 5.41) is 5.80. The molecule has 1 saturated carbocycles. The van der Waals surface area contributed by atoms with Crippen LogP contribution < -0.4 is 10.1 Å². The molecule has 0 saturated heterocycles. The molecule has 2 aromatic rings. The lowest BCUT2D eigenvalue weighted by Crippen LogP contribution is -2.08. The van der Waals surface area contributed by atoms with E-state index in [9.17, 15) is 0 Å². The van der Waals surface area contributed by atoms with E-state index in [2.05, 4.69) is 30.2 Å². The largest absolute Gasteiger partial charge is 0.497 e. The molecule has 1 aliphatic rings. The Kier molecular flexibility index (Phi) is 2.85. The second kappa shape index (κ2) is 4.41. The van der Waals surface area contributed by atoms with Crippen molar-refractivity contribution in [3.05, 3.63) is 30.5 Å². The number of hydrogen-bond donors (Lipinski definition) is 1. The van der Waals surface area contributed by atoms with E-state index in [-0.39, 0.29) is 0 Å². The lowest BCUT2D eigenvalue weighted by molar-refractivity contribution is 0.415. The van der Waals surface area contributed by atoms with Crippen LogP contribution in [0.5, 0.6) is 5.75 Å². The molecule has 1 aromatic carbocycles. The van der Waals surface area contributed by atoms with Crippen LogP contribution in [-0.2, 0) is 0 Å². The predicted octanol–water partition coefficient (Wildman–Crippen LogP) is 3.70. The summed E-state index contributed by atoms with van der Waals surface area (Å²) in [4.78, 5) is 4.46. The fraction of sp³-hybridized carbons (Fsp3) is 0.438. The first kappa shape index (κ1) is 12.3. The molecule has 0 spiro atoms. The molecule has 0 amide bonds. The minimum absolute atomic E-state index is 0.495. The predicted molar refractivity (Wildman–Crippen MR) is 78.7 cm³/mol. The Morgan fingerprint density at radius 2 is 2.16 bits per heavy atom. The van der Waals surface area contributed by atoms with Gasteiger partial charge in [-0.25, -0.2) is 4.98 Å². The monoisotopic (exact) mass is 256 g/mol. The topological polar surface area (TPSA) is 34.1 Å². The van der Waals surface area contributed by atoms with Crippen molar-refractivity contribution < 1.29 is 4.74 Å². The van der Waals surface area contributed by atoms with E-state index >= 15 is 0 Å². The summed E-state index contributed by atoms with van der Waals surface area (Å²) in [5.74, 6) is 2.59. The van der Waals surface area contributed by atoms with Crippen molar-refractivity contribution in [1.82, 2.24) is 4.98 Å². The molecule has 0 aliphatic heterocycles. The van der Waals surface area contributed by atoms with Crippen molar-refractivity contribution in [2.75, 3.05) is 19.0 Å². The Bertz CT molecular complexity index is 607. The lowest BCUT2D eigenvalue weighted by atomic mass is 10.1. The zero-order valence-corrected chi connectivity index (χ0v) is 11.7. The number of hydrogen-bond acceptors (Lipinski definition) is 3. The van der Waals surface area contributed by atoms with Gasteiger partial charge in [0.2, 0.25) is 0 Å². The minimum atomic E-state index is 0.495. The Balaban J connectivity index is 1.85. The summed E-state index contributed by atoms with van der Waals surface area (Å²) in [7, 11) is 1.69. The van der Waals surface area contributed by atoms with E-state index in [0.29, 0.717) is 5.41 Å². The van der Waals surface area contributed by atoms with E-state index in [4.69, 9.17) is 4.74 Å². The number of aromatic nitrogens is 1. The molecule has 1 heterocycles. The molecule has 1 fully saturated rings. The highest BCUT2D eigenvalue weighted by molar-refractivity contribution is 5.92. The molecular formula is C16H20N2O. The third-order valence-electron chi connectivity index (χ3n) is 4.21. The maximum Gasteiger partial charge on any atom is 0.133 e. The smallest absolute Gasteiger partial charge is 0.133 e. The quantitative estimate of drug-likeness (QED) is 0.905. The second-order valence-electron chi connectivity index (χ2n) is 6.02. The van der Waals surface area contributed by atoms with Gasteiger partial charge in [0.25, 0.3) is 0 Å². The Morgan fingerprint density at radius 1 is 1.37 bits per heavy atom. The van der Waals surface area contributed by atoms with Crippen LogP contribution in [-0.4, -0.2) is 18.6 Å². The molecule has 1 unspecified atom stereocenters. The van der Waals surface area contributed by atoms with Crippen molar-refractivity contribution in [3.8, 4) is 5.75 Å². The molecule has 1 aromatic heterocycles. The fourth-order valence-corrected chi connectivity index (χ4v) is 2.56. The van der Waals surface area contributed by atoms with Gasteiger partial charge in [-0.2, -0.15) is 0 Å². The van der Waals surface area contributed by atoms with Crippen LogP contribution in [0.2, 0.25) is 0 Å². The van der Waals surface area contributed by atoms with Crippen molar-refractivity contribution in [2.24, 2.45) is 11.3 Å². The van der Waals surface area contributed by atoms with E-state index in [1.54, 1.807) is 7.11 Å². The molecule has 3 nitrogen and oxygen atoms in total. The van der Waals surface area contributed by atoms with E-state index in [1.165, 1.54) is 11.8 Å². The molecule has 19 heavy (non-hydrogen) atoms. The second-order valence-corrected chi connectivity index (χ2v) is 6.02. The average molecular weight is 256 g/mol. The maximum absolute atomic E-state index is 5.29. The highest BCUT2D eigenvalue weighted by Gasteiger charge is 2.45. The van der Waals surface area contributed by atoms with Gasteiger partial charge in [0.1, 0.15) is 11.6 Å². The Hall–Kier alpha value is -1.77. The van der Waals surface area contributed by atoms with Gasteiger partial charge in [0.05, 0.1) is 7.11 Å². The number of fused-ring (bicyclic) bond motifs is 1. The first-order chi connectivity index (χ1) is 9.10. The van der Waals surface area contributed by atoms with Crippen molar-refractivity contribution >= 4 is 16.6 Å². The van der Waals surface area contributed by atoms with Crippen molar-refractivity contribution in [2.45, 2.75) is 20.3 Å².